The van der Waals surface area contributed by atoms with Crippen molar-refractivity contribution in [3.63, 3.8) is 0 Å². The molecular weight excluding hydrogens is 276 g/mol. The van der Waals surface area contributed by atoms with Crippen LogP contribution in [0, 0.1) is 5.41 Å². The van der Waals surface area contributed by atoms with Gasteiger partial charge in [-0.1, -0.05) is 46.8 Å². The van der Waals surface area contributed by atoms with Gasteiger partial charge in [0.1, 0.15) is 5.75 Å². The Balaban J connectivity index is 2.90. The van der Waals surface area contributed by atoms with Gasteiger partial charge in [-0.25, -0.2) is 0 Å². The third-order valence-corrected chi connectivity index (χ3v) is 3.89. The van der Waals surface area contributed by atoms with E-state index in [0.29, 0.717) is 6.54 Å². The smallest absolute Gasteiger partial charge is 0.225 e. The average Bonchev–Trinajstić information content (AvgIpc) is 2.50. The largest absolute Gasteiger partial charge is 0.497 e. The van der Waals surface area contributed by atoms with Crippen molar-refractivity contribution in [3.05, 3.63) is 29.8 Å². The molecule has 1 unspecified atom stereocenters. The molecule has 0 saturated heterocycles. The first-order valence-corrected chi connectivity index (χ1v) is 7.99. The number of ether oxygens (including phenoxy) is 1. The van der Waals surface area contributed by atoms with Gasteiger partial charge in [-0.05, 0) is 30.8 Å². The van der Waals surface area contributed by atoms with Gasteiger partial charge in [0.2, 0.25) is 5.91 Å². The Labute approximate surface area is 134 Å². The number of likely N-dealkylation sites (N-methyl/N-ethyl adjacent to an activating group) is 1. The molecule has 0 saturated carbocycles. The summed E-state index contributed by atoms with van der Waals surface area (Å²) in [6.45, 7) is 12.6. The Morgan fingerprint density at radius 1 is 1.18 bits per heavy atom. The lowest BCUT2D eigenvalue weighted by atomic mass is 9.95. The van der Waals surface area contributed by atoms with E-state index in [-0.39, 0.29) is 17.4 Å². The Hall–Kier alpha value is -1.55. The number of methoxy groups -OCH3 is 1. The summed E-state index contributed by atoms with van der Waals surface area (Å²) in [6, 6.07) is 8.26. The number of hydrogen-bond acceptors (Lipinski definition) is 3. The minimum Gasteiger partial charge on any atom is -0.497 e. The van der Waals surface area contributed by atoms with Crippen molar-refractivity contribution in [3.8, 4) is 5.75 Å². The van der Waals surface area contributed by atoms with Gasteiger partial charge in [-0.2, -0.15) is 0 Å². The SMILES string of the molecule is CCN(CC)C(CNC(=O)C(C)(C)C)c1ccc(OC)cc1. The molecule has 0 aromatic heterocycles. The molecule has 4 heteroatoms. The molecule has 0 bridgehead atoms. The summed E-state index contributed by atoms with van der Waals surface area (Å²) in [4.78, 5) is 14.5. The lowest BCUT2D eigenvalue weighted by molar-refractivity contribution is -0.128. The van der Waals surface area contributed by atoms with Crippen molar-refractivity contribution >= 4 is 5.91 Å². The van der Waals surface area contributed by atoms with E-state index in [1.165, 1.54) is 5.56 Å². The molecule has 1 amide bonds. The molecule has 4 nitrogen and oxygen atoms in total. The highest BCUT2D eigenvalue weighted by Gasteiger charge is 2.24. The summed E-state index contributed by atoms with van der Waals surface area (Å²) in [5, 5.41) is 3.09. The van der Waals surface area contributed by atoms with Crippen LogP contribution in [0.5, 0.6) is 5.75 Å². The van der Waals surface area contributed by atoms with E-state index < -0.39 is 0 Å². The molecule has 124 valence electrons. The van der Waals surface area contributed by atoms with Crippen molar-refractivity contribution in [1.82, 2.24) is 10.2 Å². The first-order valence-electron chi connectivity index (χ1n) is 7.99. The van der Waals surface area contributed by atoms with Gasteiger partial charge in [0.05, 0.1) is 13.2 Å². The summed E-state index contributed by atoms with van der Waals surface area (Å²) in [6.07, 6.45) is 0. The van der Waals surface area contributed by atoms with Gasteiger partial charge in [0, 0.05) is 12.0 Å². The summed E-state index contributed by atoms with van der Waals surface area (Å²) in [5.41, 5.74) is 0.826. The van der Waals surface area contributed by atoms with E-state index in [9.17, 15) is 4.79 Å². The van der Waals surface area contributed by atoms with E-state index in [1.807, 2.05) is 32.9 Å². The highest BCUT2D eigenvalue weighted by atomic mass is 16.5. The average molecular weight is 306 g/mol. The Morgan fingerprint density at radius 2 is 1.73 bits per heavy atom. The second kappa shape index (κ2) is 8.18. The van der Waals surface area contributed by atoms with Crippen LogP contribution in [0.2, 0.25) is 0 Å². The fraction of sp³-hybridized carbons (Fsp3) is 0.611. The van der Waals surface area contributed by atoms with Gasteiger partial charge in [0.15, 0.2) is 0 Å². The fourth-order valence-electron chi connectivity index (χ4n) is 2.40. The maximum absolute atomic E-state index is 12.2. The van der Waals surface area contributed by atoms with Crippen LogP contribution in [-0.2, 0) is 4.79 Å². The molecule has 22 heavy (non-hydrogen) atoms. The van der Waals surface area contributed by atoms with Gasteiger partial charge >= 0.3 is 0 Å². The van der Waals surface area contributed by atoms with Crippen molar-refractivity contribution in [1.29, 1.82) is 0 Å². The summed E-state index contributed by atoms with van der Waals surface area (Å²) in [5.74, 6) is 0.930. The monoisotopic (exact) mass is 306 g/mol. The molecule has 0 fully saturated rings. The Kier molecular flexibility index (Phi) is 6.88. The summed E-state index contributed by atoms with van der Waals surface area (Å²) >= 11 is 0. The van der Waals surface area contributed by atoms with Gasteiger partial charge in [-0.15, -0.1) is 0 Å². The molecular formula is C18H30N2O2. The number of amides is 1. The molecule has 0 heterocycles. The van der Waals surface area contributed by atoms with E-state index in [2.05, 4.69) is 36.2 Å². The van der Waals surface area contributed by atoms with Gasteiger partial charge in [-0.3, -0.25) is 9.69 Å². The van der Waals surface area contributed by atoms with Crippen LogP contribution in [0.25, 0.3) is 0 Å². The third-order valence-electron chi connectivity index (χ3n) is 3.89. The standard InChI is InChI=1S/C18H30N2O2/c1-7-20(8-2)16(13-19-17(21)18(3,4)5)14-9-11-15(22-6)12-10-14/h9-12,16H,7-8,13H2,1-6H3,(H,19,21). The zero-order chi connectivity index (χ0) is 16.8. The lowest BCUT2D eigenvalue weighted by Crippen LogP contribution is -2.42. The number of carbonyl (C=O) groups is 1. The summed E-state index contributed by atoms with van der Waals surface area (Å²) < 4.78 is 5.22. The maximum Gasteiger partial charge on any atom is 0.225 e. The van der Waals surface area contributed by atoms with Gasteiger partial charge < -0.3 is 10.1 Å². The molecule has 0 aliphatic heterocycles. The Bertz CT molecular complexity index is 459. The van der Waals surface area contributed by atoms with E-state index in [0.717, 1.165) is 18.8 Å². The Morgan fingerprint density at radius 3 is 2.14 bits per heavy atom. The predicted molar refractivity (Wildman–Crippen MR) is 91.1 cm³/mol. The number of benzene rings is 1. The second-order valence-electron chi connectivity index (χ2n) is 6.47. The molecule has 1 aromatic rings. The van der Waals surface area contributed by atoms with Crippen LogP contribution in [0.4, 0.5) is 0 Å². The highest BCUT2D eigenvalue weighted by Crippen LogP contribution is 2.23. The number of hydrogen-bond donors (Lipinski definition) is 1. The quantitative estimate of drug-likeness (QED) is 0.841. The molecule has 0 spiro atoms. The molecule has 0 aliphatic rings. The second-order valence-corrected chi connectivity index (χ2v) is 6.47. The molecule has 1 N–H and O–H groups in total. The maximum atomic E-state index is 12.2. The highest BCUT2D eigenvalue weighted by molar-refractivity contribution is 5.81. The lowest BCUT2D eigenvalue weighted by Gasteiger charge is -2.31. The van der Waals surface area contributed by atoms with Crippen LogP contribution >= 0.6 is 0 Å². The molecule has 1 rings (SSSR count). The van der Waals surface area contributed by atoms with Crippen LogP contribution in [-0.4, -0.2) is 37.6 Å². The first-order chi connectivity index (χ1) is 10.3. The topological polar surface area (TPSA) is 41.6 Å². The van der Waals surface area contributed by atoms with Gasteiger partial charge in [0.25, 0.3) is 0 Å². The molecule has 1 atom stereocenters. The zero-order valence-electron chi connectivity index (χ0n) is 14.8. The number of nitrogens with one attached hydrogen (secondary N) is 1. The van der Waals surface area contributed by atoms with Crippen LogP contribution in [0.3, 0.4) is 0 Å². The molecule has 0 aliphatic carbocycles. The minimum atomic E-state index is -0.367. The normalized spacial score (nSPS) is 13.0. The first kappa shape index (κ1) is 18.5. The predicted octanol–water partition coefficient (Wildman–Crippen LogP) is 3.24. The number of nitrogens with zero attached hydrogens (tertiary/aromatic N) is 1. The van der Waals surface area contributed by atoms with Crippen molar-refractivity contribution in [2.75, 3.05) is 26.7 Å². The van der Waals surface area contributed by atoms with Crippen LogP contribution in [0.1, 0.15) is 46.2 Å². The third kappa shape index (κ3) is 5.02. The molecule has 1 aromatic carbocycles. The van der Waals surface area contributed by atoms with Crippen LogP contribution < -0.4 is 10.1 Å². The van der Waals surface area contributed by atoms with Crippen LogP contribution in [0.15, 0.2) is 24.3 Å². The minimum absolute atomic E-state index is 0.0816. The van der Waals surface area contributed by atoms with E-state index in [4.69, 9.17) is 4.74 Å². The number of carbonyl (C=O) groups excluding carboxylic acids is 1. The number of rotatable bonds is 7. The van der Waals surface area contributed by atoms with Crippen molar-refractivity contribution in [2.45, 2.75) is 40.7 Å². The zero-order valence-corrected chi connectivity index (χ0v) is 14.8. The fourth-order valence-corrected chi connectivity index (χ4v) is 2.40. The molecule has 0 radical (unpaired) electrons. The summed E-state index contributed by atoms with van der Waals surface area (Å²) in [7, 11) is 1.67. The van der Waals surface area contributed by atoms with E-state index >= 15 is 0 Å². The van der Waals surface area contributed by atoms with E-state index in [1.54, 1.807) is 7.11 Å². The van der Waals surface area contributed by atoms with Crippen molar-refractivity contribution < 1.29 is 9.53 Å². The van der Waals surface area contributed by atoms with Crippen molar-refractivity contribution in [2.24, 2.45) is 5.41 Å².